The van der Waals surface area contributed by atoms with Crippen LogP contribution in [0.5, 0.6) is 0 Å². The second-order valence-electron chi connectivity index (χ2n) is 4.66. The molecule has 0 bridgehead atoms. The highest BCUT2D eigenvalue weighted by molar-refractivity contribution is 5.98. The van der Waals surface area contributed by atoms with Crippen molar-refractivity contribution in [1.29, 1.82) is 0 Å². The van der Waals surface area contributed by atoms with Crippen molar-refractivity contribution >= 4 is 24.2 Å². The number of carbonyl (C=O) groups is 4. The molecule has 110 valence electrons. The minimum Gasteiger partial charge on any atom is -0.469 e. The summed E-state index contributed by atoms with van der Waals surface area (Å²) in [5.41, 5.74) is 1.03. The number of esters is 3. The van der Waals surface area contributed by atoms with Crippen molar-refractivity contribution in [2.45, 2.75) is 24.7 Å². The van der Waals surface area contributed by atoms with Crippen molar-refractivity contribution in [3.05, 3.63) is 35.4 Å². The summed E-state index contributed by atoms with van der Waals surface area (Å²) in [5.74, 6) is -3.33. The number of rotatable bonds is 5. The SMILES string of the molecule is COC(=O)C(CC=O)c1ccccc1C1CC(=O)OC1=O. The van der Waals surface area contributed by atoms with E-state index in [4.69, 9.17) is 4.74 Å². The lowest BCUT2D eigenvalue weighted by molar-refractivity contribution is -0.152. The second-order valence-corrected chi connectivity index (χ2v) is 4.66. The summed E-state index contributed by atoms with van der Waals surface area (Å²) >= 11 is 0. The molecule has 0 aromatic heterocycles. The molecular weight excluding hydrogens is 276 g/mol. The fourth-order valence-electron chi connectivity index (χ4n) is 2.45. The highest BCUT2D eigenvalue weighted by Gasteiger charge is 2.37. The minimum absolute atomic E-state index is 0.0562. The smallest absolute Gasteiger partial charge is 0.321 e. The molecule has 0 N–H and O–H groups in total. The van der Waals surface area contributed by atoms with Gasteiger partial charge in [-0.3, -0.25) is 14.4 Å². The van der Waals surface area contributed by atoms with E-state index in [1.165, 1.54) is 7.11 Å². The first-order valence-electron chi connectivity index (χ1n) is 6.43. The van der Waals surface area contributed by atoms with Crippen LogP contribution in [0.4, 0.5) is 0 Å². The van der Waals surface area contributed by atoms with Crippen molar-refractivity contribution in [2.75, 3.05) is 7.11 Å². The maximum absolute atomic E-state index is 11.9. The molecule has 21 heavy (non-hydrogen) atoms. The highest BCUT2D eigenvalue weighted by Crippen LogP contribution is 2.34. The summed E-state index contributed by atoms with van der Waals surface area (Å²) in [6.07, 6.45) is 0.501. The van der Waals surface area contributed by atoms with Gasteiger partial charge in [0.25, 0.3) is 0 Å². The van der Waals surface area contributed by atoms with E-state index >= 15 is 0 Å². The molecule has 1 aliphatic heterocycles. The van der Waals surface area contributed by atoms with E-state index in [2.05, 4.69) is 4.74 Å². The number of hydrogen-bond donors (Lipinski definition) is 0. The third-order valence-electron chi connectivity index (χ3n) is 3.43. The Hall–Kier alpha value is -2.50. The molecule has 0 radical (unpaired) electrons. The maximum atomic E-state index is 11.9. The lowest BCUT2D eigenvalue weighted by atomic mass is 9.85. The van der Waals surface area contributed by atoms with Gasteiger partial charge in [-0.15, -0.1) is 0 Å². The van der Waals surface area contributed by atoms with Gasteiger partial charge in [0.2, 0.25) is 0 Å². The molecule has 2 atom stereocenters. The minimum atomic E-state index is -0.799. The molecule has 6 heteroatoms. The summed E-state index contributed by atoms with van der Waals surface area (Å²) < 4.78 is 9.25. The molecule has 1 aliphatic rings. The second kappa shape index (κ2) is 6.30. The fraction of sp³-hybridized carbons (Fsp3) is 0.333. The Morgan fingerprint density at radius 2 is 2.14 bits per heavy atom. The molecule has 0 spiro atoms. The molecule has 0 saturated carbocycles. The predicted molar refractivity (Wildman–Crippen MR) is 70.3 cm³/mol. The van der Waals surface area contributed by atoms with Crippen LogP contribution in [0.15, 0.2) is 24.3 Å². The van der Waals surface area contributed by atoms with Gasteiger partial charge in [-0.2, -0.15) is 0 Å². The molecule has 2 rings (SSSR count). The van der Waals surface area contributed by atoms with E-state index in [-0.39, 0.29) is 12.8 Å². The zero-order valence-electron chi connectivity index (χ0n) is 11.4. The number of hydrogen-bond acceptors (Lipinski definition) is 6. The Bertz CT molecular complexity index is 592. The van der Waals surface area contributed by atoms with E-state index < -0.39 is 29.7 Å². The number of ether oxygens (including phenoxy) is 2. The average molecular weight is 290 g/mol. The van der Waals surface area contributed by atoms with Crippen molar-refractivity contribution in [3.63, 3.8) is 0 Å². The van der Waals surface area contributed by atoms with Crippen molar-refractivity contribution in [2.24, 2.45) is 0 Å². The summed E-state index contributed by atoms with van der Waals surface area (Å²) in [4.78, 5) is 45.6. The van der Waals surface area contributed by atoms with E-state index in [0.29, 0.717) is 17.4 Å². The Labute approximate surface area is 121 Å². The lowest BCUT2D eigenvalue weighted by Crippen LogP contribution is -2.18. The fourth-order valence-corrected chi connectivity index (χ4v) is 2.45. The van der Waals surface area contributed by atoms with Crippen LogP contribution in [0.25, 0.3) is 0 Å². The molecule has 1 aromatic carbocycles. The first-order chi connectivity index (χ1) is 10.1. The number of cyclic esters (lactones) is 2. The molecule has 0 amide bonds. The molecular formula is C15H14O6. The van der Waals surface area contributed by atoms with Gasteiger partial charge < -0.3 is 14.3 Å². The lowest BCUT2D eigenvalue weighted by Gasteiger charge is -2.18. The number of carbonyl (C=O) groups excluding carboxylic acids is 4. The largest absolute Gasteiger partial charge is 0.469 e. The topological polar surface area (TPSA) is 86.7 Å². The zero-order valence-corrected chi connectivity index (χ0v) is 11.4. The normalized spacial score (nSPS) is 19.0. The Balaban J connectivity index is 2.44. The summed E-state index contributed by atoms with van der Waals surface area (Å²) in [5, 5.41) is 0. The Morgan fingerprint density at radius 3 is 2.71 bits per heavy atom. The predicted octanol–water partition coefficient (Wildman–Crippen LogP) is 1.09. The van der Waals surface area contributed by atoms with Gasteiger partial charge in [-0.05, 0) is 11.1 Å². The van der Waals surface area contributed by atoms with Crippen molar-refractivity contribution in [1.82, 2.24) is 0 Å². The standard InChI is InChI=1S/C15H14O6/c1-20-14(18)11(6-7-16)9-4-2-3-5-10(9)12-8-13(17)21-15(12)19/h2-5,7,11-12H,6,8H2,1H3. The first-order valence-corrected chi connectivity index (χ1v) is 6.43. The monoisotopic (exact) mass is 290 g/mol. The molecule has 2 unspecified atom stereocenters. The molecule has 1 heterocycles. The van der Waals surface area contributed by atoms with Crippen LogP contribution < -0.4 is 0 Å². The molecule has 1 fully saturated rings. The van der Waals surface area contributed by atoms with E-state index in [9.17, 15) is 19.2 Å². The van der Waals surface area contributed by atoms with Crippen LogP contribution in [-0.2, 0) is 28.7 Å². The first kappa shape index (κ1) is 14.9. The zero-order chi connectivity index (χ0) is 15.4. The van der Waals surface area contributed by atoms with Crippen LogP contribution in [0.3, 0.4) is 0 Å². The third kappa shape index (κ3) is 2.99. The number of methoxy groups -OCH3 is 1. The van der Waals surface area contributed by atoms with Gasteiger partial charge in [0.1, 0.15) is 6.29 Å². The molecule has 1 saturated heterocycles. The van der Waals surface area contributed by atoms with Gasteiger partial charge >= 0.3 is 17.9 Å². The number of aldehydes is 1. The van der Waals surface area contributed by atoms with Crippen LogP contribution in [0.1, 0.15) is 35.8 Å². The summed E-state index contributed by atoms with van der Waals surface area (Å²) in [6, 6.07) is 6.70. The van der Waals surface area contributed by atoms with E-state index in [1.807, 2.05) is 0 Å². The van der Waals surface area contributed by atoms with Gasteiger partial charge in [0, 0.05) is 6.42 Å². The van der Waals surface area contributed by atoms with Crippen LogP contribution in [-0.4, -0.2) is 31.3 Å². The van der Waals surface area contributed by atoms with Gasteiger partial charge in [-0.25, -0.2) is 0 Å². The van der Waals surface area contributed by atoms with Gasteiger partial charge in [-0.1, -0.05) is 24.3 Å². The third-order valence-corrected chi connectivity index (χ3v) is 3.43. The maximum Gasteiger partial charge on any atom is 0.321 e. The van der Waals surface area contributed by atoms with E-state index in [0.717, 1.165) is 0 Å². The van der Waals surface area contributed by atoms with E-state index in [1.54, 1.807) is 24.3 Å². The molecule has 6 nitrogen and oxygen atoms in total. The van der Waals surface area contributed by atoms with Crippen LogP contribution in [0.2, 0.25) is 0 Å². The van der Waals surface area contributed by atoms with Crippen molar-refractivity contribution in [3.8, 4) is 0 Å². The average Bonchev–Trinajstić information content (AvgIpc) is 2.82. The Kier molecular flexibility index (Phi) is 4.47. The number of benzene rings is 1. The summed E-state index contributed by atoms with van der Waals surface area (Å²) in [6.45, 7) is 0. The van der Waals surface area contributed by atoms with Crippen molar-refractivity contribution < 1.29 is 28.7 Å². The quantitative estimate of drug-likeness (QED) is 0.458. The summed E-state index contributed by atoms with van der Waals surface area (Å²) in [7, 11) is 1.23. The van der Waals surface area contributed by atoms with Gasteiger partial charge in [0.15, 0.2) is 0 Å². The molecule has 1 aromatic rings. The highest BCUT2D eigenvalue weighted by atomic mass is 16.6. The Morgan fingerprint density at radius 1 is 1.43 bits per heavy atom. The van der Waals surface area contributed by atoms with Crippen LogP contribution in [0, 0.1) is 0 Å². The molecule has 0 aliphatic carbocycles. The van der Waals surface area contributed by atoms with Crippen LogP contribution >= 0.6 is 0 Å². The van der Waals surface area contributed by atoms with Gasteiger partial charge in [0.05, 0.1) is 25.4 Å².